The van der Waals surface area contributed by atoms with E-state index in [9.17, 15) is 9.59 Å². The zero-order valence-corrected chi connectivity index (χ0v) is 16.7. The lowest BCUT2D eigenvalue weighted by atomic mass is 10.1. The molecule has 1 aliphatic heterocycles. The van der Waals surface area contributed by atoms with Crippen LogP contribution in [0.3, 0.4) is 0 Å². The van der Waals surface area contributed by atoms with E-state index in [0.717, 1.165) is 43.0 Å². The molecule has 4 rings (SSSR count). The maximum atomic E-state index is 12.7. The number of nitrogens with one attached hydrogen (secondary N) is 2. The monoisotopic (exact) mass is 406 g/mol. The van der Waals surface area contributed by atoms with E-state index in [0.29, 0.717) is 17.0 Å². The van der Waals surface area contributed by atoms with Gasteiger partial charge in [0, 0.05) is 31.4 Å². The van der Waals surface area contributed by atoms with E-state index in [1.165, 1.54) is 11.3 Å². The predicted octanol–water partition coefficient (Wildman–Crippen LogP) is 3.93. The fraction of sp³-hybridized carbons (Fsp3) is 0.227. The molecule has 3 aromatic rings. The topological polar surface area (TPSA) is 74.3 Å². The van der Waals surface area contributed by atoms with Crippen LogP contribution in [0.15, 0.2) is 60.1 Å². The van der Waals surface area contributed by atoms with Crippen LogP contribution in [0.2, 0.25) is 0 Å². The highest BCUT2D eigenvalue weighted by Gasteiger charge is 2.18. The summed E-state index contributed by atoms with van der Waals surface area (Å²) < 4.78 is 0. The zero-order valence-electron chi connectivity index (χ0n) is 15.9. The molecule has 2 aromatic heterocycles. The Morgan fingerprint density at radius 3 is 2.52 bits per heavy atom. The van der Waals surface area contributed by atoms with Gasteiger partial charge in [-0.05, 0) is 54.1 Å². The van der Waals surface area contributed by atoms with Crippen molar-refractivity contribution in [3.63, 3.8) is 0 Å². The van der Waals surface area contributed by atoms with Gasteiger partial charge in [0.05, 0.1) is 10.6 Å². The molecule has 0 atom stereocenters. The molecule has 2 amide bonds. The molecule has 29 heavy (non-hydrogen) atoms. The molecular weight excluding hydrogens is 384 g/mol. The number of nitrogens with zero attached hydrogens (tertiary/aromatic N) is 2. The third-order valence-electron chi connectivity index (χ3n) is 4.85. The van der Waals surface area contributed by atoms with Crippen LogP contribution in [0.25, 0.3) is 0 Å². The number of thiophene rings is 1. The summed E-state index contributed by atoms with van der Waals surface area (Å²) in [6, 6.07) is 14.6. The number of hydrogen-bond acceptors (Lipinski definition) is 5. The number of hydrogen-bond donors (Lipinski definition) is 2. The lowest BCUT2D eigenvalue weighted by Gasteiger charge is -2.20. The van der Waals surface area contributed by atoms with E-state index in [-0.39, 0.29) is 11.8 Å². The molecule has 6 nitrogen and oxygen atoms in total. The molecule has 148 valence electrons. The Kier molecular flexibility index (Phi) is 5.86. The molecule has 0 unspecified atom stereocenters. The third-order valence-corrected chi connectivity index (χ3v) is 5.72. The van der Waals surface area contributed by atoms with Gasteiger partial charge in [-0.2, -0.15) is 0 Å². The minimum absolute atomic E-state index is 0.0900. The van der Waals surface area contributed by atoms with E-state index in [2.05, 4.69) is 20.5 Å². The van der Waals surface area contributed by atoms with Crippen molar-refractivity contribution >= 4 is 34.7 Å². The maximum Gasteiger partial charge on any atom is 0.261 e. The molecule has 1 fully saturated rings. The molecule has 0 aliphatic carbocycles. The summed E-state index contributed by atoms with van der Waals surface area (Å²) in [7, 11) is 0. The summed E-state index contributed by atoms with van der Waals surface area (Å²) in [5.41, 5.74) is 2.23. The lowest BCUT2D eigenvalue weighted by Crippen LogP contribution is -2.22. The second-order valence-corrected chi connectivity index (χ2v) is 7.83. The number of aromatic nitrogens is 1. The molecule has 3 heterocycles. The predicted molar refractivity (Wildman–Crippen MR) is 116 cm³/mol. The highest BCUT2D eigenvalue weighted by Crippen LogP contribution is 2.26. The number of carbonyl (C=O) groups excluding carboxylic acids is 2. The molecule has 1 aromatic carbocycles. The molecular formula is C22H22N4O2S. The van der Waals surface area contributed by atoms with Crippen molar-refractivity contribution in [1.82, 2.24) is 10.3 Å². The Morgan fingerprint density at radius 1 is 1.00 bits per heavy atom. The van der Waals surface area contributed by atoms with Gasteiger partial charge in [-0.25, -0.2) is 4.98 Å². The first-order chi connectivity index (χ1) is 14.2. The molecule has 1 aliphatic rings. The van der Waals surface area contributed by atoms with Gasteiger partial charge in [-0.1, -0.05) is 18.2 Å². The van der Waals surface area contributed by atoms with Gasteiger partial charge in [0.15, 0.2) is 5.82 Å². The summed E-state index contributed by atoms with van der Waals surface area (Å²) >= 11 is 1.41. The van der Waals surface area contributed by atoms with E-state index >= 15 is 0 Å². The van der Waals surface area contributed by atoms with Gasteiger partial charge < -0.3 is 15.5 Å². The van der Waals surface area contributed by atoms with Crippen LogP contribution in [-0.2, 0) is 6.54 Å². The summed E-state index contributed by atoms with van der Waals surface area (Å²) in [6.45, 7) is 2.35. The van der Waals surface area contributed by atoms with Crippen LogP contribution in [0.1, 0.15) is 38.4 Å². The molecule has 1 saturated heterocycles. The molecule has 0 radical (unpaired) electrons. The molecule has 0 bridgehead atoms. The zero-order chi connectivity index (χ0) is 20.1. The fourth-order valence-electron chi connectivity index (χ4n) is 3.32. The summed E-state index contributed by atoms with van der Waals surface area (Å²) in [6.07, 6.45) is 4.05. The van der Waals surface area contributed by atoms with Gasteiger partial charge in [0.1, 0.15) is 0 Å². The first-order valence-electron chi connectivity index (χ1n) is 9.63. The average Bonchev–Trinajstić information content (AvgIpc) is 3.47. The standard InChI is InChI=1S/C22H22N4O2S/c27-21(25-18-5-3-11-23-20(18)26-12-1-2-13-26)17-9-7-16(8-10-17)15-24-22(28)19-6-4-14-29-19/h3-11,14H,1-2,12-13,15H2,(H,24,28)(H,25,27). The molecule has 2 N–H and O–H groups in total. The molecule has 0 spiro atoms. The minimum Gasteiger partial charge on any atom is -0.355 e. The highest BCUT2D eigenvalue weighted by atomic mass is 32.1. The van der Waals surface area contributed by atoms with Crippen molar-refractivity contribution < 1.29 is 9.59 Å². The lowest BCUT2D eigenvalue weighted by molar-refractivity contribution is 0.0953. The van der Waals surface area contributed by atoms with E-state index in [1.54, 1.807) is 24.4 Å². The van der Waals surface area contributed by atoms with Crippen molar-refractivity contribution in [3.8, 4) is 0 Å². The van der Waals surface area contributed by atoms with Crippen molar-refractivity contribution in [2.45, 2.75) is 19.4 Å². The number of pyridine rings is 1. The van der Waals surface area contributed by atoms with Crippen LogP contribution in [-0.4, -0.2) is 29.9 Å². The average molecular weight is 407 g/mol. The number of anilines is 2. The van der Waals surface area contributed by atoms with Crippen molar-refractivity contribution in [3.05, 3.63) is 76.1 Å². The van der Waals surface area contributed by atoms with Gasteiger partial charge in [-0.3, -0.25) is 9.59 Å². The number of benzene rings is 1. The largest absolute Gasteiger partial charge is 0.355 e. The maximum absolute atomic E-state index is 12.7. The minimum atomic E-state index is -0.174. The first-order valence-corrected chi connectivity index (χ1v) is 10.5. The SMILES string of the molecule is O=C(Nc1cccnc1N1CCCC1)c1ccc(CNC(=O)c2cccs2)cc1. The van der Waals surface area contributed by atoms with Crippen molar-refractivity contribution in [1.29, 1.82) is 0 Å². The summed E-state index contributed by atoms with van der Waals surface area (Å²) in [4.78, 5) is 32.1. The van der Waals surface area contributed by atoms with Crippen LogP contribution >= 0.6 is 11.3 Å². The summed E-state index contributed by atoms with van der Waals surface area (Å²) in [5, 5.41) is 7.74. The van der Waals surface area contributed by atoms with Gasteiger partial charge in [0.2, 0.25) is 0 Å². The Hall–Kier alpha value is -3.19. The summed E-state index contributed by atoms with van der Waals surface area (Å²) in [5.74, 6) is 0.562. The van der Waals surface area contributed by atoms with E-state index in [1.807, 2.05) is 35.7 Å². The van der Waals surface area contributed by atoms with E-state index < -0.39 is 0 Å². The third kappa shape index (κ3) is 4.63. The smallest absolute Gasteiger partial charge is 0.261 e. The highest BCUT2D eigenvalue weighted by molar-refractivity contribution is 7.12. The van der Waals surface area contributed by atoms with Crippen molar-refractivity contribution in [2.24, 2.45) is 0 Å². The number of amides is 2. The van der Waals surface area contributed by atoms with Crippen LogP contribution in [0, 0.1) is 0 Å². The second-order valence-electron chi connectivity index (χ2n) is 6.88. The second kappa shape index (κ2) is 8.87. The normalized spacial score (nSPS) is 13.3. The Balaban J connectivity index is 1.38. The number of rotatable bonds is 6. The first kappa shape index (κ1) is 19.1. The van der Waals surface area contributed by atoms with E-state index in [4.69, 9.17) is 0 Å². The quantitative estimate of drug-likeness (QED) is 0.651. The van der Waals surface area contributed by atoms with Gasteiger partial charge in [-0.15, -0.1) is 11.3 Å². The van der Waals surface area contributed by atoms with Crippen LogP contribution < -0.4 is 15.5 Å². The Labute approximate surface area is 173 Å². The Bertz CT molecular complexity index is 980. The van der Waals surface area contributed by atoms with Crippen molar-refractivity contribution in [2.75, 3.05) is 23.3 Å². The molecule has 7 heteroatoms. The van der Waals surface area contributed by atoms with Crippen LogP contribution in [0.5, 0.6) is 0 Å². The fourth-order valence-corrected chi connectivity index (χ4v) is 3.96. The van der Waals surface area contributed by atoms with Gasteiger partial charge in [0.25, 0.3) is 11.8 Å². The van der Waals surface area contributed by atoms with Crippen LogP contribution in [0.4, 0.5) is 11.5 Å². The molecule has 0 saturated carbocycles. The van der Waals surface area contributed by atoms with Gasteiger partial charge >= 0.3 is 0 Å². The number of carbonyl (C=O) groups is 2. The Morgan fingerprint density at radius 2 is 1.79 bits per heavy atom.